The van der Waals surface area contributed by atoms with E-state index >= 15 is 0 Å². The van der Waals surface area contributed by atoms with Crippen LogP contribution in [0.3, 0.4) is 0 Å². The SMILES string of the molecule is CC(C)CCNC(=O)COC(=O)c1ccc(S(=O)(=O)C(F)F)cc1. The first kappa shape index (κ1) is 20.0. The van der Waals surface area contributed by atoms with Gasteiger partial charge in [0.2, 0.25) is 9.84 Å². The minimum absolute atomic E-state index is 0.0433. The lowest BCUT2D eigenvalue weighted by atomic mass is 10.1. The quantitative estimate of drug-likeness (QED) is 0.714. The zero-order chi connectivity index (χ0) is 18.3. The molecule has 0 atom stereocenters. The van der Waals surface area contributed by atoms with Crippen molar-refractivity contribution in [3.8, 4) is 0 Å². The first-order chi connectivity index (χ1) is 11.1. The van der Waals surface area contributed by atoms with Crippen LogP contribution in [0.4, 0.5) is 8.78 Å². The molecule has 1 amide bonds. The van der Waals surface area contributed by atoms with Gasteiger partial charge >= 0.3 is 11.7 Å². The van der Waals surface area contributed by atoms with Crippen LogP contribution in [0.2, 0.25) is 0 Å². The number of hydrogen-bond acceptors (Lipinski definition) is 5. The molecule has 0 aliphatic carbocycles. The lowest BCUT2D eigenvalue weighted by molar-refractivity contribution is -0.124. The molecule has 0 aliphatic heterocycles. The largest absolute Gasteiger partial charge is 0.452 e. The maximum Gasteiger partial charge on any atom is 0.341 e. The van der Waals surface area contributed by atoms with Gasteiger partial charge in [-0.15, -0.1) is 0 Å². The number of benzene rings is 1. The summed E-state index contributed by atoms with van der Waals surface area (Å²) in [7, 11) is -4.71. The standard InChI is InChI=1S/C15H19F2NO5S/c1-10(2)7-8-18-13(19)9-23-14(20)11-3-5-12(6-4-11)24(21,22)15(16)17/h3-6,10,15H,7-9H2,1-2H3,(H,18,19). The molecule has 0 heterocycles. The Hall–Kier alpha value is -2.03. The second kappa shape index (κ2) is 8.72. The maximum atomic E-state index is 12.4. The smallest absolute Gasteiger partial charge is 0.341 e. The van der Waals surface area contributed by atoms with Crippen LogP contribution in [-0.2, 0) is 19.4 Å². The summed E-state index contributed by atoms with van der Waals surface area (Å²) < 4.78 is 52.1. The first-order valence-corrected chi connectivity index (χ1v) is 8.75. The van der Waals surface area contributed by atoms with Gasteiger partial charge in [0.15, 0.2) is 6.61 Å². The molecule has 1 aromatic rings. The highest BCUT2D eigenvalue weighted by Gasteiger charge is 2.26. The number of ether oxygens (including phenoxy) is 1. The number of nitrogens with one attached hydrogen (secondary N) is 1. The van der Waals surface area contributed by atoms with Gasteiger partial charge < -0.3 is 10.1 Å². The predicted octanol–water partition coefficient (Wildman–Crippen LogP) is 2.00. The number of esters is 1. The third-order valence-corrected chi connectivity index (χ3v) is 4.43. The molecule has 0 bridgehead atoms. The molecule has 6 nitrogen and oxygen atoms in total. The molecule has 134 valence electrons. The summed E-state index contributed by atoms with van der Waals surface area (Å²) in [4.78, 5) is 22.6. The Morgan fingerprint density at radius 3 is 2.25 bits per heavy atom. The van der Waals surface area contributed by atoms with Crippen LogP contribution >= 0.6 is 0 Å². The molecule has 0 unspecified atom stereocenters. The van der Waals surface area contributed by atoms with Crippen LogP contribution in [0.1, 0.15) is 30.6 Å². The third kappa shape index (κ3) is 5.88. The Labute approximate surface area is 139 Å². The number of carbonyl (C=O) groups excluding carboxylic acids is 2. The second-order valence-electron chi connectivity index (χ2n) is 5.44. The van der Waals surface area contributed by atoms with Gasteiger partial charge in [0.1, 0.15) is 0 Å². The minimum Gasteiger partial charge on any atom is -0.452 e. The monoisotopic (exact) mass is 363 g/mol. The van der Waals surface area contributed by atoms with Crippen LogP contribution in [0.15, 0.2) is 29.2 Å². The highest BCUT2D eigenvalue weighted by molar-refractivity contribution is 7.91. The topological polar surface area (TPSA) is 89.5 Å². The Balaban J connectivity index is 2.56. The fourth-order valence-corrected chi connectivity index (χ4v) is 2.37. The number of hydrogen-bond donors (Lipinski definition) is 1. The van der Waals surface area contributed by atoms with E-state index in [1.165, 1.54) is 0 Å². The predicted molar refractivity (Wildman–Crippen MR) is 82.4 cm³/mol. The van der Waals surface area contributed by atoms with E-state index in [1.807, 2.05) is 13.8 Å². The van der Waals surface area contributed by atoms with E-state index in [9.17, 15) is 26.8 Å². The van der Waals surface area contributed by atoms with Crippen LogP contribution in [0.5, 0.6) is 0 Å². The van der Waals surface area contributed by atoms with Crippen molar-refractivity contribution in [2.75, 3.05) is 13.2 Å². The highest BCUT2D eigenvalue weighted by atomic mass is 32.2. The highest BCUT2D eigenvalue weighted by Crippen LogP contribution is 2.18. The van der Waals surface area contributed by atoms with Crippen molar-refractivity contribution in [1.82, 2.24) is 5.32 Å². The zero-order valence-corrected chi connectivity index (χ0v) is 14.1. The van der Waals surface area contributed by atoms with Crippen molar-refractivity contribution < 1.29 is 31.5 Å². The van der Waals surface area contributed by atoms with Gasteiger partial charge in [-0.1, -0.05) is 13.8 Å². The van der Waals surface area contributed by atoms with Crippen molar-refractivity contribution in [3.05, 3.63) is 29.8 Å². The van der Waals surface area contributed by atoms with Gasteiger partial charge in [-0.2, -0.15) is 8.78 Å². The fourth-order valence-electron chi connectivity index (χ4n) is 1.65. The maximum absolute atomic E-state index is 12.4. The first-order valence-electron chi connectivity index (χ1n) is 7.20. The molecule has 0 aromatic heterocycles. The third-order valence-electron chi connectivity index (χ3n) is 3.03. The van der Waals surface area contributed by atoms with Gasteiger partial charge in [0.05, 0.1) is 10.5 Å². The Morgan fingerprint density at radius 2 is 1.75 bits per heavy atom. The van der Waals surface area contributed by atoms with Crippen LogP contribution in [-0.4, -0.2) is 39.2 Å². The van der Waals surface area contributed by atoms with Crippen molar-refractivity contribution in [3.63, 3.8) is 0 Å². The van der Waals surface area contributed by atoms with Crippen LogP contribution < -0.4 is 5.32 Å². The summed E-state index contributed by atoms with van der Waals surface area (Å²) in [5.41, 5.74) is -0.0433. The van der Waals surface area contributed by atoms with E-state index in [1.54, 1.807) is 0 Å². The molecule has 9 heteroatoms. The van der Waals surface area contributed by atoms with Gasteiger partial charge in [0.25, 0.3) is 5.91 Å². The van der Waals surface area contributed by atoms with Crippen LogP contribution in [0.25, 0.3) is 0 Å². The number of amides is 1. The minimum atomic E-state index is -4.71. The fraction of sp³-hybridized carbons (Fsp3) is 0.467. The summed E-state index contributed by atoms with van der Waals surface area (Å²) in [6.45, 7) is 4.00. The van der Waals surface area contributed by atoms with E-state index in [4.69, 9.17) is 4.74 Å². The molecule has 0 fully saturated rings. The summed E-state index contributed by atoms with van der Waals surface area (Å²) in [5, 5.41) is 2.58. The molecule has 1 rings (SSSR count). The molecule has 1 aromatic carbocycles. The Kier molecular flexibility index (Phi) is 7.27. The Morgan fingerprint density at radius 1 is 1.17 bits per heavy atom. The molecule has 1 N–H and O–H groups in total. The van der Waals surface area contributed by atoms with E-state index in [-0.39, 0.29) is 5.56 Å². The van der Waals surface area contributed by atoms with Gasteiger partial charge in [-0.25, -0.2) is 13.2 Å². The van der Waals surface area contributed by atoms with Gasteiger partial charge in [-0.05, 0) is 36.6 Å². The van der Waals surface area contributed by atoms with Crippen molar-refractivity contribution >= 4 is 21.7 Å². The van der Waals surface area contributed by atoms with E-state index in [2.05, 4.69) is 5.32 Å². The number of carbonyl (C=O) groups is 2. The summed E-state index contributed by atoms with van der Waals surface area (Å²) >= 11 is 0. The molecule has 0 saturated carbocycles. The van der Waals surface area contributed by atoms with E-state index in [0.717, 1.165) is 30.7 Å². The second-order valence-corrected chi connectivity index (χ2v) is 7.36. The summed E-state index contributed by atoms with van der Waals surface area (Å²) in [6.07, 6.45) is 0.791. The van der Waals surface area contributed by atoms with E-state index < -0.39 is 39.0 Å². The lowest BCUT2D eigenvalue weighted by Crippen LogP contribution is -2.30. The van der Waals surface area contributed by atoms with Crippen LogP contribution in [0, 0.1) is 5.92 Å². The normalized spacial score (nSPS) is 11.6. The molecule has 0 saturated heterocycles. The number of rotatable bonds is 8. The lowest BCUT2D eigenvalue weighted by Gasteiger charge is -2.08. The van der Waals surface area contributed by atoms with Crippen molar-refractivity contribution in [2.24, 2.45) is 5.92 Å². The van der Waals surface area contributed by atoms with Crippen molar-refractivity contribution in [2.45, 2.75) is 30.9 Å². The average Bonchev–Trinajstić information content (AvgIpc) is 2.52. The molecule has 0 aliphatic rings. The van der Waals surface area contributed by atoms with Gasteiger partial charge in [-0.3, -0.25) is 4.79 Å². The van der Waals surface area contributed by atoms with Crippen molar-refractivity contribution in [1.29, 1.82) is 0 Å². The molecule has 0 spiro atoms. The number of alkyl halides is 2. The zero-order valence-electron chi connectivity index (χ0n) is 13.3. The van der Waals surface area contributed by atoms with E-state index in [0.29, 0.717) is 12.5 Å². The molecular formula is C15H19F2NO5S. The Bertz CT molecular complexity index is 672. The molecule has 24 heavy (non-hydrogen) atoms. The summed E-state index contributed by atoms with van der Waals surface area (Å²) in [5.74, 6) is -4.42. The number of sulfone groups is 1. The molecule has 0 radical (unpaired) electrons. The average molecular weight is 363 g/mol. The number of halogens is 2. The molecular weight excluding hydrogens is 344 g/mol. The van der Waals surface area contributed by atoms with Gasteiger partial charge in [0, 0.05) is 6.54 Å². The summed E-state index contributed by atoms with van der Waals surface area (Å²) in [6, 6.07) is 3.88.